The van der Waals surface area contributed by atoms with E-state index in [0.717, 1.165) is 0 Å². The minimum Gasteiger partial charge on any atom is -0.493 e. The number of para-hydroxylation sites is 2. The summed E-state index contributed by atoms with van der Waals surface area (Å²) in [6.45, 7) is 3.02. The number of hydrogen-bond acceptors (Lipinski definition) is 7. The number of benzene rings is 2. The summed E-state index contributed by atoms with van der Waals surface area (Å²) in [6.07, 6.45) is -1.30. The number of hydrogen-bond donors (Lipinski definition) is 1. The zero-order valence-electron chi connectivity index (χ0n) is 19.5. The van der Waals surface area contributed by atoms with Gasteiger partial charge in [0.1, 0.15) is 11.3 Å². The van der Waals surface area contributed by atoms with Crippen LogP contribution in [0.4, 0.5) is 5.69 Å². The van der Waals surface area contributed by atoms with Crippen molar-refractivity contribution in [3.05, 3.63) is 86.6 Å². The van der Waals surface area contributed by atoms with Crippen molar-refractivity contribution < 1.29 is 23.5 Å². The van der Waals surface area contributed by atoms with Crippen molar-refractivity contribution in [2.75, 3.05) is 12.4 Å². The predicted molar refractivity (Wildman–Crippen MR) is 128 cm³/mol. The Bertz CT molecular complexity index is 1550. The quantitative estimate of drug-likeness (QED) is 0.335. The van der Waals surface area contributed by atoms with Crippen LogP contribution in [0, 0.1) is 6.92 Å². The number of methoxy groups -OCH3 is 1. The molecule has 0 aliphatic rings. The van der Waals surface area contributed by atoms with E-state index in [9.17, 15) is 19.2 Å². The van der Waals surface area contributed by atoms with Crippen LogP contribution in [-0.2, 0) is 16.6 Å². The number of aromatic nitrogens is 2. The van der Waals surface area contributed by atoms with Gasteiger partial charge in [-0.1, -0.05) is 30.3 Å². The maximum Gasteiger partial charge on any atom is 0.351 e. The molecule has 180 valence electrons. The summed E-state index contributed by atoms with van der Waals surface area (Å²) in [5.74, 6) is -1.42. The van der Waals surface area contributed by atoms with Crippen molar-refractivity contribution in [1.29, 1.82) is 0 Å². The fourth-order valence-corrected chi connectivity index (χ4v) is 3.64. The molecule has 0 unspecified atom stereocenters. The van der Waals surface area contributed by atoms with Gasteiger partial charge in [-0.25, -0.2) is 14.3 Å². The van der Waals surface area contributed by atoms with E-state index in [0.29, 0.717) is 22.5 Å². The first-order chi connectivity index (χ1) is 16.7. The third-order valence-electron chi connectivity index (χ3n) is 5.62. The lowest BCUT2D eigenvalue weighted by Gasteiger charge is -2.13. The van der Waals surface area contributed by atoms with Gasteiger partial charge >= 0.3 is 11.6 Å². The van der Waals surface area contributed by atoms with Crippen molar-refractivity contribution in [3.8, 4) is 11.4 Å². The van der Waals surface area contributed by atoms with Gasteiger partial charge in [-0.3, -0.25) is 14.3 Å². The van der Waals surface area contributed by atoms with Crippen LogP contribution in [0.1, 0.15) is 23.0 Å². The van der Waals surface area contributed by atoms with Crippen LogP contribution < -0.4 is 21.2 Å². The molecular weight excluding hydrogens is 454 g/mol. The maximum atomic E-state index is 13.0. The average molecular weight is 477 g/mol. The number of amides is 1. The Hall–Kier alpha value is -4.60. The number of ether oxygens (including phenoxy) is 2. The molecular formula is C25H23N3O7. The monoisotopic (exact) mass is 477 g/mol. The standard InChI is InChI=1S/C25H23N3O7/c1-14-20(23(30)28(27(14)3)17-10-6-5-7-11-17)26-22(29)15(2)34-24(31)18-13-16-9-8-12-19(33-4)21(16)35-25(18)32/h5-13,15H,1-4H3,(H,26,29)/t15-/m1/s1. The summed E-state index contributed by atoms with van der Waals surface area (Å²) in [4.78, 5) is 50.8. The number of esters is 1. The van der Waals surface area contributed by atoms with Gasteiger partial charge in [0.15, 0.2) is 17.4 Å². The summed E-state index contributed by atoms with van der Waals surface area (Å²) in [5, 5.41) is 2.99. The lowest BCUT2D eigenvalue weighted by molar-refractivity contribution is -0.123. The molecule has 2 heterocycles. The molecule has 1 atom stereocenters. The largest absolute Gasteiger partial charge is 0.493 e. The number of anilines is 1. The maximum absolute atomic E-state index is 13.0. The number of rotatable bonds is 6. The van der Waals surface area contributed by atoms with Crippen LogP contribution in [-0.4, -0.2) is 34.5 Å². The van der Waals surface area contributed by atoms with Gasteiger partial charge < -0.3 is 19.2 Å². The van der Waals surface area contributed by atoms with E-state index in [2.05, 4.69) is 5.32 Å². The van der Waals surface area contributed by atoms with E-state index in [4.69, 9.17) is 13.9 Å². The molecule has 1 amide bonds. The summed E-state index contributed by atoms with van der Waals surface area (Å²) in [7, 11) is 3.12. The molecule has 0 aliphatic heterocycles. The zero-order valence-corrected chi connectivity index (χ0v) is 19.5. The Morgan fingerprint density at radius 3 is 2.46 bits per heavy atom. The van der Waals surface area contributed by atoms with Gasteiger partial charge in [-0.2, -0.15) is 0 Å². The first-order valence-corrected chi connectivity index (χ1v) is 10.7. The van der Waals surface area contributed by atoms with Gasteiger partial charge in [0.2, 0.25) is 0 Å². The van der Waals surface area contributed by atoms with E-state index in [1.165, 1.54) is 24.8 Å². The fraction of sp³-hybridized carbons (Fsp3) is 0.200. The summed E-state index contributed by atoms with van der Waals surface area (Å²) >= 11 is 0. The molecule has 0 saturated heterocycles. The molecule has 10 nitrogen and oxygen atoms in total. The Morgan fingerprint density at radius 1 is 1.06 bits per heavy atom. The van der Waals surface area contributed by atoms with Crippen molar-refractivity contribution in [2.24, 2.45) is 7.05 Å². The van der Waals surface area contributed by atoms with Crippen LogP contribution in [0.15, 0.2) is 68.6 Å². The molecule has 0 saturated carbocycles. The van der Waals surface area contributed by atoms with Crippen molar-refractivity contribution in [1.82, 2.24) is 9.36 Å². The zero-order chi connectivity index (χ0) is 25.3. The summed E-state index contributed by atoms with van der Waals surface area (Å²) in [6, 6.07) is 15.2. The summed E-state index contributed by atoms with van der Waals surface area (Å²) in [5.41, 5.74) is -0.347. The highest BCUT2D eigenvalue weighted by Crippen LogP contribution is 2.24. The van der Waals surface area contributed by atoms with Gasteiger partial charge in [-0.15, -0.1) is 0 Å². The smallest absolute Gasteiger partial charge is 0.351 e. The second-order valence-electron chi connectivity index (χ2n) is 7.80. The van der Waals surface area contributed by atoms with Crippen LogP contribution in [0.5, 0.6) is 5.75 Å². The van der Waals surface area contributed by atoms with Crippen LogP contribution in [0.25, 0.3) is 16.7 Å². The summed E-state index contributed by atoms with van der Waals surface area (Å²) < 4.78 is 18.6. The molecule has 0 spiro atoms. The van der Waals surface area contributed by atoms with Crippen LogP contribution >= 0.6 is 0 Å². The van der Waals surface area contributed by atoms with Crippen molar-refractivity contribution in [3.63, 3.8) is 0 Å². The highest BCUT2D eigenvalue weighted by atomic mass is 16.5. The minimum atomic E-state index is -1.30. The number of nitrogens with zero attached hydrogens (tertiary/aromatic N) is 2. The van der Waals surface area contributed by atoms with E-state index in [1.54, 1.807) is 61.1 Å². The van der Waals surface area contributed by atoms with Gasteiger partial charge in [-0.05, 0) is 38.1 Å². The molecule has 4 rings (SSSR count). The van der Waals surface area contributed by atoms with E-state index in [1.807, 2.05) is 6.07 Å². The van der Waals surface area contributed by atoms with Gasteiger partial charge in [0, 0.05) is 12.4 Å². The second kappa shape index (κ2) is 9.34. The van der Waals surface area contributed by atoms with Crippen LogP contribution in [0.3, 0.4) is 0 Å². The third kappa shape index (κ3) is 4.33. The van der Waals surface area contributed by atoms with E-state index < -0.39 is 29.2 Å². The Balaban J connectivity index is 1.55. The van der Waals surface area contributed by atoms with Gasteiger partial charge in [0.25, 0.3) is 11.5 Å². The van der Waals surface area contributed by atoms with Crippen molar-refractivity contribution in [2.45, 2.75) is 20.0 Å². The number of carbonyl (C=O) groups excluding carboxylic acids is 2. The Morgan fingerprint density at radius 2 is 1.77 bits per heavy atom. The number of carbonyl (C=O) groups is 2. The van der Waals surface area contributed by atoms with Gasteiger partial charge in [0.05, 0.1) is 18.5 Å². The van der Waals surface area contributed by atoms with E-state index in [-0.39, 0.29) is 16.8 Å². The molecule has 1 N–H and O–H groups in total. The first-order valence-electron chi connectivity index (χ1n) is 10.7. The molecule has 0 fully saturated rings. The molecule has 0 bridgehead atoms. The second-order valence-corrected chi connectivity index (χ2v) is 7.80. The molecule has 0 radical (unpaired) electrons. The SMILES string of the molecule is COc1cccc2cc(C(=O)O[C@H](C)C(=O)Nc3c(C)n(C)n(-c4ccccc4)c3=O)c(=O)oc12. The van der Waals surface area contributed by atoms with Crippen molar-refractivity contribution >= 4 is 28.5 Å². The average Bonchev–Trinajstić information content (AvgIpc) is 3.06. The molecule has 0 aliphatic carbocycles. The molecule has 10 heteroatoms. The molecule has 2 aromatic carbocycles. The van der Waals surface area contributed by atoms with E-state index >= 15 is 0 Å². The predicted octanol–water partition coefficient (Wildman–Crippen LogP) is 2.78. The molecule has 35 heavy (non-hydrogen) atoms. The molecule has 2 aromatic heterocycles. The molecule has 4 aromatic rings. The highest BCUT2D eigenvalue weighted by molar-refractivity contribution is 5.98. The Kier molecular flexibility index (Phi) is 6.28. The Labute approximate surface area is 199 Å². The number of nitrogens with one attached hydrogen (secondary N) is 1. The topological polar surface area (TPSA) is 122 Å². The first kappa shape index (κ1) is 23.6. The number of fused-ring (bicyclic) bond motifs is 1. The van der Waals surface area contributed by atoms with Crippen LogP contribution in [0.2, 0.25) is 0 Å². The lowest BCUT2D eigenvalue weighted by Crippen LogP contribution is -2.33. The minimum absolute atomic E-state index is 0.0570. The normalized spacial score (nSPS) is 11.8. The lowest BCUT2D eigenvalue weighted by atomic mass is 10.1. The fourth-order valence-electron chi connectivity index (χ4n) is 3.64. The highest BCUT2D eigenvalue weighted by Gasteiger charge is 2.25. The third-order valence-corrected chi connectivity index (χ3v) is 5.62.